The van der Waals surface area contributed by atoms with Gasteiger partial charge in [-0.3, -0.25) is 4.79 Å². The van der Waals surface area contributed by atoms with Crippen LogP contribution in [0.15, 0.2) is 6.20 Å². The monoisotopic (exact) mass is 227 g/mol. The molecule has 0 aliphatic heterocycles. The Morgan fingerprint density at radius 2 is 2.25 bits per heavy atom. The number of carbonyl (C=O) groups is 1. The molecule has 0 saturated carbocycles. The van der Waals surface area contributed by atoms with Crippen molar-refractivity contribution in [2.24, 2.45) is 5.73 Å². The number of aryl methyl sites for hydroxylation is 2. The summed E-state index contributed by atoms with van der Waals surface area (Å²) in [6, 6.07) is -0.731. The number of carboxylic acid groups (broad SMARTS) is 1. The van der Waals surface area contributed by atoms with Crippen molar-refractivity contribution >= 4 is 5.97 Å². The van der Waals surface area contributed by atoms with Crippen LogP contribution in [0.5, 0.6) is 0 Å². The zero-order valence-electron chi connectivity index (χ0n) is 10.2. The summed E-state index contributed by atoms with van der Waals surface area (Å²) in [6.45, 7) is 5.59. The maximum absolute atomic E-state index is 9.57. The summed E-state index contributed by atoms with van der Waals surface area (Å²) in [7, 11) is 0. The van der Waals surface area contributed by atoms with Crippen LogP contribution in [-0.4, -0.2) is 27.1 Å². The number of aromatic nitrogens is 2. The van der Waals surface area contributed by atoms with Gasteiger partial charge in [0.2, 0.25) is 0 Å². The number of unbranched alkanes of at least 4 members (excludes halogenated alkanes) is 1. The number of nitrogens with one attached hydrogen (secondary N) is 1. The van der Waals surface area contributed by atoms with Crippen molar-refractivity contribution in [2.45, 2.75) is 46.1 Å². The molecule has 5 heteroatoms. The minimum atomic E-state index is -0.963. The number of carboxylic acids is 1. The fraction of sp³-hybridized carbons (Fsp3) is 0.636. The molecule has 16 heavy (non-hydrogen) atoms. The second-order valence-corrected chi connectivity index (χ2v) is 3.71. The summed E-state index contributed by atoms with van der Waals surface area (Å²) >= 11 is 0. The standard InChI is InChI=1S/C8H14N2.C3H7NO2/c1-3-4-5-8-6-9-7(2)10-8;1-2(4)3(5)6/h6H,3-5H2,1-2H3,(H,9,10);2H,4H2,1H3,(H,5,6). The van der Waals surface area contributed by atoms with Gasteiger partial charge in [-0.25, -0.2) is 4.98 Å². The first-order valence-corrected chi connectivity index (χ1v) is 5.46. The summed E-state index contributed by atoms with van der Waals surface area (Å²) in [4.78, 5) is 16.9. The molecule has 0 radical (unpaired) electrons. The minimum absolute atomic E-state index is 0.731. The van der Waals surface area contributed by atoms with E-state index in [0.717, 1.165) is 12.2 Å². The molecule has 0 aromatic carbocycles. The van der Waals surface area contributed by atoms with Gasteiger partial charge in [-0.1, -0.05) is 13.3 Å². The van der Waals surface area contributed by atoms with Crippen molar-refractivity contribution in [1.29, 1.82) is 0 Å². The Balaban J connectivity index is 0.000000325. The molecule has 0 aliphatic rings. The molecule has 0 bridgehead atoms. The fourth-order valence-corrected chi connectivity index (χ4v) is 0.954. The van der Waals surface area contributed by atoms with E-state index >= 15 is 0 Å². The highest BCUT2D eigenvalue weighted by molar-refractivity contribution is 5.72. The van der Waals surface area contributed by atoms with Crippen molar-refractivity contribution < 1.29 is 9.90 Å². The lowest BCUT2D eigenvalue weighted by molar-refractivity contribution is -0.138. The van der Waals surface area contributed by atoms with Crippen LogP contribution in [-0.2, 0) is 11.2 Å². The number of rotatable bonds is 4. The Labute approximate surface area is 96.1 Å². The summed E-state index contributed by atoms with van der Waals surface area (Å²) in [5.74, 6) is 0.0566. The van der Waals surface area contributed by atoms with Crippen LogP contribution in [0.3, 0.4) is 0 Å². The van der Waals surface area contributed by atoms with E-state index in [-0.39, 0.29) is 0 Å². The maximum atomic E-state index is 9.57. The van der Waals surface area contributed by atoms with E-state index in [2.05, 4.69) is 16.9 Å². The summed E-state index contributed by atoms with van der Waals surface area (Å²) in [6.07, 6.45) is 5.59. The highest BCUT2D eigenvalue weighted by atomic mass is 16.4. The van der Waals surface area contributed by atoms with Gasteiger partial charge in [0.15, 0.2) is 0 Å². The SMILES string of the molecule is CC(N)C(=O)O.CCCCc1c[nH]c(C)n1. The summed E-state index contributed by atoms with van der Waals surface area (Å²) < 4.78 is 0. The molecule has 4 N–H and O–H groups in total. The quantitative estimate of drug-likeness (QED) is 0.726. The molecule has 92 valence electrons. The van der Waals surface area contributed by atoms with Crippen LogP contribution in [0.25, 0.3) is 0 Å². The average Bonchev–Trinajstić information content (AvgIpc) is 2.62. The van der Waals surface area contributed by atoms with Crippen LogP contribution in [0.4, 0.5) is 0 Å². The van der Waals surface area contributed by atoms with Gasteiger partial charge in [0.05, 0.1) is 5.69 Å². The molecular weight excluding hydrogens is 206 g/mol. The first kappa shape index (κ1) is 14.6. The predicted octanol–water partition coefficient (Wildman–Crippen LogP) is 1.48. The van der Waals surface area contributed by atoms with Gasteiger partial charge in [-0.2, -0.15) is 0 Å². The predicted molar refractivity (Wildman–Crippen MR) is 63.2 cm³/mol. The highest BCUT2D eigenvalue weighted by Gasteiger charge is 1.99. The van der Waals surface area contributed by atoms with Crippen LogP contribution >= 0.6 is 0 Å². The maximum Gasteiger partial charge on any atom is 0.320 e. The van der Waals surface area contributed by atoms with Crippen LogP contribution < -0.4 is 5.73 Å². The molecule has 0 fully saturated rings. The van der Waals surface area contributed by atoms with Gasteiger partial charge in [-0.05, 0) is 26.7 Å². The van der Waals surface area contributed by atoms with Gasteiger partial charge >= 0.3 is 5.97 Å². The molecule has 1 atom stereocenters. The van der Waals surface area contributed by atoms with E-state index in [1.54, 1.807) is 0 Å². The van der Waals surface area contributed by atoms with Crippen molar-refractivity contribution in [3.63, 3.8) is 0 Å². The lowest BCUT2D eigenvalue weighted by Gasteiger charge is -1.90. The second-order valence-electron chi connectivity index (χ2n) is 3.71. The Kier molecular flexibility index (Phi) is 7.20. The highest BCUT2D eigenvalue weighted by Crippen LogP contribution is 2.01. The zero-order chi connectivity index (χ0) is 12.6. The number of nitrogens with two attached hydrogens (primary N) is 1. The van der Waals surface area contributed by atoms with E-state index in [9.17, 15) is 4.79 Å². The van der Waals surface area contributed by atoms with Gasteiger partial charge in [0.1, 0.15) is 11.9 Å². The lowest BCUT2D eigenvalue weighted by atomic mass is 10.2. The number of H-pyrrole nitrogens is 1. The van der Waals surface area contributed by atoms with Crippen LogP contribution in [0, 0.1) is 6.92 Å². The molecule has 1 aromatic heterocycles. The molecule has 0 saturated heterocycles. The van der Waals surface area contributed by atoms with Gasteiger partial charge in [-0.15, -0.1) is 0 Å². The normalized spacial score (nSPS) is 11.5. The molecule has 0 amide bonds. The van der Waals surface area contributed by atoms with E-state index < -0.39 is 12.0 Å². The minimum Gasteiger partial charge on any atom is -0.480 e. The van der Waals surface area contributed by atoms with Gasteiger partial charge < -0.3 is 15.8 Å². The first-order chi connectivity index (χ1) is 7.47. The van der Waals surface area contributed by atoms with E-state index in [1.165, 1.54) is 25.5 Å². The Bertz CT molecular complexity index is 308. The third-order valence-electron chi connectivity index (χ3n) is 1.93. The number of hydrogen-bond acceptors (Lipinski definition) is 3. The van der Waals surface area contributed by atoms with Crippen molar-refractivity contribution in [1.82, 2.24) is 9.97 Å². The topological polar surface area (TPSA) is 92.0 Å². The third kappa shape index (κ3) is 7.00. The van der Waals surface area contributed by atoms with Gasteiger partial charge in [0, 0.05) is 6.20 Å². The summed E-state index contributed by atoms with van der Waals surface area (Å²) in [5.41, 5.74) is 6.03. The molecule has 5 nitrogen and oxygen atoms in total. The largest absolute Gasteiger partial charge is 0.480 e. The number of imidazole rings is 1. The molecule has 0 spiro atoms. The molecular formula is C11H21N3O2. The van der Waals surface area contributed by atoms with E-state index in [0.29, 0.717) is 0 Å². The van der Waals surface area contributed by atoms with E-state index in [1.807, 2.05) is 13.1 Å². The van der Waals surface area contributed by atoms with Crippen molar-refractivity contribution in [3.8, 4) is 0 Å². The Morgan fingerprint density at radius 3 is 2.56 bits per heavy atom. The van der Waals surface area contributed by atoms with Crippen molar-refractivity contribution in [2.75, 3.05) is 0 Å². The fourth-order valence-electron chi connectivity index (χ4n) is 0.954. The smallest absolute Gasteiger partial charge is 0.320 e. The van der Waals surface area contributed by atoms with E-state index in [4.69, 9.17) is 10.8 Å². The zero-order valence-corrected chi connectivity index (χ0v) is 10.2. The molecule has 1 aromatic rings. The lowest BCUT2D eigenvalue weighted by Crippen LogP contribution is -2.25. The molecule has 1 unspecified atom stereocenters. The third-order valence-corrected chi connectivity index (χ3v) is 1.93. The second kappa shape index (κ2) is 7.87. The van der Waals surface area contributed by atoms with Crippen molar-refractivity contribution in [3.05, 3.63) is 17.7 Å². The number of aromatic amines is 1. The van der Waals surface area contributed by atoms with Crippen LogP contribution in [0.2, 0.25) is 0 Å². The molecule has 1 heterocycles. The first-order valence-electron chi connectivity index (χ1n) is 5.46. The number of aliphatic carboxylic acids is 1. The number of hydrogen-bond donors (Lipinski definition) is 3. The average molecular weight is 227 g/mol. The van der Waals surface area contributed by atoms with Crippen LogP contribution in [0.1, 0.15) is 38.2 Å². The Morgan fingerprint density at radius 1 is 1.69 bits per heavy atom. The molecule has 1 rings (SSSR count). The Hall–Kier alpha value is -1.36. The van der Waals surface area contributed by atoms with Gasteiger partial charge in [0.25, 0.3) is 0 Å². The summed E-state index contributed by atoms with van der Waals surface area (Å²) in [5, 5.41) is 7.87. The number of nitrogens with zero attached hydrogens (tertiary/aromatic N) is 1. The molecule has 0 aliphatic carbocycles.